The molecule has 2 nitrogen and oxygen atoms in total. The molecule has 1 heterocycles. The van der Waals surface area contributed by atoms with Gasteiger partial charge in [0.05, 0.1) is 6.10 Å². The molecule has 1 saturated carbocycles. The van der Waals surface area contributed by atoms with E-state index in [4.69, 9.17) is 0 Å². The number of rotatable bonds is 4. The third-order valence-electron chi connectivity index (χ3n) is 4.05. The van der Waals surface area contributed by atoms with Gasteiger partial charge in [0.1, 0.15) is 0 Å². The summed E-state index contributed by atoms with van der Waals surface area (Å²) in [5, 5.41) is 10.4. The van der Waals surface area contributed by atoms with Gasteiger partial charge in [0, 0.05) is 18.8 Å². The summed E-state index contributed by atoms with van der Waals surface area (Å²) < 4.78 is 0. The molecule has 2 heteroatoms. The van der Waals surface area contributed by atoms with Gasteiger partial charge in [-0.1, -0.05) is 30.7 Å². The lowest BCUT2D eigenvalue weighted by molar-refractivity contribution is 0.178. The Kier molecular flexibility index (Phi) is 3.60. The van der Waals surface area contributed by atoms with Crippen molar-refractivity contribution >= 4 is 0 Å². The SMILES string of the molecule is OC(Cc1ccncc1)c1cccc(C2CCC2)c1. The Bertz CT molecular complexity index is 534. The molecule has 1 aliphatic rings. The lowest BCUT2D eigenvalue weighted by Gasteiger charge is -2.26. The zero-order valence-corrected chi connectivity index (χ0v) is 11.0. The summed E-state index contributed by atoms with van der Waals surface area (Å²) in [6.45, 7) is 0. The maximum atomic E-state index is 10.4. The van der Waals surface area contributed by atoms with Gasteiger partial charge in [-0.2, -0.15) is 0 Å². The second-order valence-corrected chi connectivity index (χ2v) is 5.37. The fourth-order valence-electron chi connectivity index (χ4n) is 2.62. The Morgan fingerprint density at radius 3 is 2.63 bits per heavy atom. The van der Waals surface area contributed by atoms with Gasteiger partial charge in [-0.25, -0.2) is 0 Å². The van der Waals surface area contributed by atoms with Crippen LogP contribution >= 0.6 is 0 Å². The summed E-state index contributed by atoms with van der Waals surface area (Å²) in [4.78, 5) is 4.00. The summed E-state index contributed by atoms with van der Waals surface area (Å²) >= 11 is 0. The Morgan fingerprint density at radius 2 is 1.95 bits per heavy atom. The molecular weight excluding hydrogens is 234 g/mol. The molecule has 1 N–H and O–H groups in total. The first-order valence-electron chi connectivity index (χ1n) is 7.00. The van der Waals surface area contributed by atoms with Crippen molar-refractivity contribution in [2.75, 3.05) is 0 Å². The summed E-state index contributed by atoms with van der Waals surface area (Å²) in [6.07, 6.45) is 7.70. The zero-order chi connectivity index (χ0) is 13.1. The van der Waals surface area contributed by atoms with Crippen molar-refractivity contribution in [2.24, 2.45) is 0 Å². The standard InChI is InChI=1S/C17H19NO/c19-17(11-13-7-9-18-10-8-13)16-6-2-5-15(12-16)14-3-1-4-14/h2,5-10,12,14,17,19H,1,3-4,11H2. The first-order chi connectivity index (χ1) is 9.33. The molecule has 98 valence electrons. The second-order valence-electron chi connectivity index (χ2n) is 5.37. The van der Waals surface area contributed by atoms with Crippen LogP contribution in [-0.2, 0) is 6.42 Å². The first kappa shape index (κ1) is 12.4. The number of hydrogen-bond donors (Lipinski definition) is 1. The molecule has 0 amide bonds. The topological polar surface area (TPSA) is 33.1 Å². The van der Waals surface area contributed by atoms with E-state index >= 15 is 0 Å². The van der Waals surface area contributed by atoms with Gasteiger partial charge in [-0.15, -0.1) is 0 Å². The molecule has 1 aromatic heterocycles. The largest absolute Gasteiger partial charge is 0.388 e. The molecule has 1 atom stereocenters. The minimum Gasteiger partial charge on any atom is -0.388 e. The first-order valence-corrected chi connectivity index (χ1v) is 7.00. The van der Waals surface area contributed by atoms with Crippen molar-refractivity contribution in [3.63, 3.8) is 0 Å². The number of aliphatic hydroxyl groups excluding tert-OH is 1. The number of nitrogens with zero attached hydrogens (tertiary/aromatic N) is 1. The highest BCUT2D eigenvalue weighted by Crippen LogP contribution is 2.37. The highest BCUT2D eigenvalue weighted by Gasteiger charge is 2.20. The van der Waals surface area contributed by atoms with Gasteiger partial charge in [0.25, 0.3) is 0 Å². The van der Waals surface area contributed by atoms with Crippen molar-refractivity contribution in [1.29, 1.82) is 0 Å². The summed E-state index contributed by atoms with van der Waals surface area (Å²) in [7, 11) is 0. The summed E-state index contributed by atoms with van der Waals surface area (Å²) in [5.41, 5.74) is 3.54. The van der Waals surface area contributed by atoms with E-state index in [9.17, 15) is 5.11 Å². The normalized spacial score (nSPS) is 16.9. The van der Waals surface area contributed by atoms with Gasteiger partial charge in [-0.05, 0) is 47.6 Å². The van der Waals surface area contributed by atoms with Crippen molar-refractivity contribution in [1.82, 2.24) is 4.98 Å². The Morgan fingerprint density at radius 1 is 1.16 bits per heavy atom. The van der Waals surface area contributed by atoms with E-state index in [0.717, 1.165) is 11.1 Å². The number of aromatic nitrogens is 1. The van der Waals surface area contributed by atoms with Gasteiger partial charge >= 0.3 is 0 Å². The Balaban J connectivity index is 1.74. The monoisotopic (exact) mass is 253 g/mol. The van der Waals surface area contributed by atoms with Crippen LogP contribution in [0.25, 0.3) is 0 Å². The average molecular weight is 253 g/mol. The number of benzene rings is 1. The second kappa shape index (κ2) is 5.54. The molecule has 2 aromatic rings. The molecule has 1 aliphatic carbocycles. The van der Waals surface area contributed by atoms with Gasteiger partial charge in [0.15, 0.2) is 0 Å². The molecule has 0 radical (unpaired) electrons. The van der Waals surface area contributed by atoms with Crippen LogP contribution in [0.5, 0.6) is 0 Å². The maximum Gasteiger partial charge on any atom is 0.0830 e. The highest BCUT2D eigenvalue weighted by molar-refractivity contribution is 5.30. The predicted octanol–water partition coefficient (Wildman–Crippen LogP) is 3.63. The van der Waals surface area contributed by atoms with E-state index in [1.54, 1.807) is 12.4 Å². The van der Waals surface area contributed by atoms with E-state index in [-0.39, 0.29) is 0 Å². The van der Waals surface area contributed by atoms with Crippen molar-refractivity contribution in [3.05, 3.63) is 65.5 Å². The molecule has 0 saturated heterocycles. The van der Waals surface area contributed by atoms with Crippen LogP contribution in [0.1, 0.15) is 48.0 Å². The van der Waals surface area contributed by atoms with Crippen LogP contribution in [-0.4, -0.2) is 10.1 Å². The third kappa shape index (κ3) is 2.85. The quantitative estimate of drug-likeness (QED) is 0.902. The number of aliphatic hydroxyl groups is 1. The van der Waals surface area contributed by atoms with Crippen LogP contribution in [0.4, 0.5) is 0 Å². The summed E-state index contributed by atoms with van der Waals surface area (Å²) in [5.74, 6) is 0.716. The molecule has 0 aliphatic heterocycles. The van der Waals surface area contributed by atoms with E-state index in [1.165, 1.54) is 24.8 Å². The minimum atomic E-state index is -0.428. The van der Waals surface area contributed by atoms with Crippen LogP contribution in [0, 0.1) is 0 Å². The lowest BCUT2D eigenvalue weighted by atomic mass is 9.79. The summed E-state index contributed by atoms with van der Waals surface area (Å²) in [6, 6.07) is 12.4. The minimum absolute atomic E-state index is 0.428. The predicted molar refractivity (Wildman–Crippen MR) is 75.9 cm³/mol. The molecule has 1 aromatic carbocycles. The van der Waals surface area contributed by atoms with Crippen LogP contribution in [0.15, 0.2) is 48.8 Å². The number of hydrogen-bond acceptors (Lipinski definition) is 2. The smallest absolute Gasteiger partial charge is 0.0830 e. The van der Waals surface area contributed by atoms with Crippen molar-refractivity contribution in [3.8, 4) is 0 Å². The zero-order valence-electron chi connectivity index (χ0n) is 11.0. The third-order valence-corrected chi connectivity index (χ3v) is 4.05. The average Bonchev–Trinajstić information content (AvgIpc) is 2.38. The van der Waals surface area contributed by atoms with Crippen LogP contribution in [0.2, 0.25) is 0 Å². The fourth-order valence-corrected chi connectivity index (χ4v) is 2.62. The number of pyridine rings is 1. The molecule has 0 bridgehead atoms. The molecule has 1 unspecified atom stereocenters. The maximum absolute atomic E-state index is 10.4. The van der Waals surface area contributed by atoms with Gasteiger partial charge in [0.2, 0.25) is 0 Å². The van der Waals surface area contributed by atoms with Crippen molar-refractivity contribution in [2.45, 2.75) is 37.7 Å². The van der Waals surface area contributed by atoms with E-state index in [1.807, 2.05) is 18.2 Å². The molecule has 1 fully saturated rings. The van der Waals surface area contributed by atoms with E-state index in [2.05, 4.69) is 23.2 Å². The molecular formula is C17H19NO. The van der Waals surface area contributed by atoms with E-state index in [0.29, 0.717) is 12.3 Å². The fraction of sp³-hybridized carbons (Fsp3) is 0.353. The molecule has 19 heavy (non-hydrogen) atoms. The lowest BCUT2D eigenvalue weighted by Crippen LogP contribution is -2.10. The van der Waals surface area contributed by atoms with Crippen LogP contribution in [0.3, 0.4) is 0 Å². The Hall–Kier alpha value is -1.67. The molecule has 3 rings (SSSR count). The Labute approximate surface area is 114 Å². The van der Waals surface area contributed by atoms with Crippen molar-refractivity contribution < 1.29 is 5.11 Å². The molecule has 0 spiro atoms. The van der Waals surface area contributed by atoms with Crippen LogP contribution < -0.4 is 0 Å². The van der Waals surface area contributed by atoms with Gasteiger partial charge < -0.3 is 5.11 Å². The van der Waals surface area contributed by atoms with E-state index < -0.39 is 6.10 Å². The van der Waals surface area contributed by atoms with Gasteiger partial charge in [-0.3, -0.25) is 4.98 Å². The highest BCUT2D eigenvalue weighted by atomic mass is 16.3.